The van der Waals surface area contributed by atoms with Crippen LogP contribution in [0.4, 0.5) is 11.4 Å². The number of piperazine rings is 1. The lowest BCUT2D eigenvalue weighted by atomic mass is 10.1. The Balaban J connectivity index is 1.72. The van der Waals surface area contributed by atoms with E-state index in [1.165, 1.54) is 7.11 Å². The van der Waals surface area contributed by atoms with Crippen molar-refractivity contribution in [3.05, 3.63) is 52.8 Å². The van der Waals surface area contributed by atoms with Crippen LogP contribution in [-0.2, 0) is 9.53 Å². The Kier molecular flexibility index (Phi) is 6.15. The molecule has 0 radical (unpaired) electrons. The van der Waals surface area contributed by atoms with Gasteiger partial charge in [-0.05, 0) is 43.5 Å². The normalized spacial score (nSPS) is 15.0. The van der Waals surface area contributed by atoms with Gasteiger partial charge in [-0.2, -0.15) is 0 Å². The van der Waals surface area contributed by atoms with Gasteiger partial charge in [-0.15, -0.1) is 0 Å². The number of anilines is 2. The highest BCUT2D eigenvalue weighted by molar-refractivity contribution is 5.97. The number of methoxy groups -OCH3 is 1. The van der Waals surface area contributed by atoms with Crippen molar-refractivity contribution >= 4 is 39.0 Å². The van der Waals surface area contributed by atoms with Gasteiger partial charge in [0, 0.05) is 50.4 Å². The highest BCUT2D eigenvalue weighted by Gasteiger charge is 2.19. The van der Waals surface area contributed by atoms with Crippen LogP contribution in [-0.4, -0.2) is 61.7 Å². The summed E-state index contributed by atoms with van der Waals surface area (Å²) in [6, 6.07) is 11.6. The summed E-state index contributed by atoms with van der Waals surface area (Å²) in [4.78, 5) is 34.6. The summed E-state index contributed by atoms with van der Waals surface area (Å²) in [6.45, 7) is 8.21. The second-order valence-electron chi connectivity index (χ2n) is 8.19. The van der Waals surface area contributed by atoms with Crippen molar-refractivity contribution in [2.75, 3.05) is 50.1 Å². The lowest BCUT2D eigenvalue weighted by Crippen LogP contribution is -2.48. The number of fused-ring (bicyclic) bond motifs is 2. The Hall–Kier alpha value is -3.03. The first-order valence-corrected chi connectivity index (χ1v) is 10.6. The molecule has 1 N–H and O–H groups in total. The lowest BCUT2D eigenvalue weighted by Gasteiger charge is -2.38. The molecule has 1 saturated heterocycles. The number of hydrogen-bond acceptors (Lipinski definition) is 6. The average molecular weight is 421 g/mol. The van der Waals surface area contributed by atoms with E-state index in [9.17, 15) is 9.59 Å². The first-order chi connectivity index (χ1) is 15.0. The van der Waals surface area contributed by atoms with Crippen molar-refractivity contribution in [1.82, 2.24) is 9.88 Å². The maximum absolute atomic E-state index is 13.4. The molecule has 0 bridgehead atoms. The van der Waals surface area contributed by atoms with E-state index in [2.05, 4.69) is 33.9 Å². The van der Waals surface area contributed by atoms with Gasteiger partial charge in [0.05, 0.1) is 22.8 Å². The second kappa shape index (κ2) is 8.99. The van der Waals surface area contributed by atoms with Crippen LogP contribution in [0, 0.1) is 0 Å². The number of pyridine rings is 1. The number of rotatable bonds is 5. The molecule has 0 saturated carbocycles. The predicted molar refractivity (Wildman–Crippen MR) is 125 cm³/mol. The van der Waals surface area contributed by atoms with Crippen molar-refractivity contribution < 1.29 is 9.53 Å². The Morgan fingerprint density at radius 1 is 1.10 bits per heavy atom. The Morgan fingerprint density at radius 2 is 1.84 bits per heavy atom. The maximum atomic E-state index is 13.4. The first kappa shape index (κ1) is 21.2. The summed E-state index contributed by atoms with van der Waals surface area (Å²) in [5.41, 5.74) is 2.11. The Labute approximate surface area is 181 Å². The van der Waals surface area contributed by atoms with Crippen molar-refractivity contribution in [3.63, 3.8) is 0 Å². The van der Waals surface area contributed by atoms with Crippen molar-refractivity contribution in [2.45, 2.75) is 19.9 Å². The molecule has 162 valence electrons. The molecule has 2 aromatic carbocycles. The molecule has 0 unspecified atom stereocenters. The first-order valence-electron chi connectivity index (χ1n) is 10.6. The van der Waals surface area contributed by atoms with Gasteiger partial charge in [-0.25, -0.2) is 0 Å². The van der Waals surface area contributed by atoms with E-state index < -0.39 is 0 Å². The molecule has 2 heterocycles. The van der Waals surface area contributed by atoms with E-state index in [1.807, 2.05) is 30.5 Å². The summed E-state index contributed by atoms with van der Waals surface area (Å²) < 4.78 is 4.86. The third kappa shape index (κ3) is 4.52. The van der Waals surface area contributed by atoms with E-state index in [0.29, 0.717) is 28.0 Å². The number of carbonyl (C=O) groups excluding carboxylic acids is 1. The molecule has 7 heteroatoms. The number of nitrogens with one attached hydrogen (secondary N) is 1. The molecule has 1 aliphatic rings. The number of aromatic nitrogens is 1. The molecule has 31 heavy (non-hydrogen) atoms. The molecular formula is C24H28N4O3. The van der Waals surface area contributed by atoms with E-state index in [0.717, 1.165) is 37.3 Å². The summed E-state index contributed by atoms with van der Waals surface area (Å²) in [5.74, 6) is -0.260. The topological polar surface area (TPSA) is 74.8 Å². The summed E-state index contributed by atoms with van der Waals surface area (Å²) in [7, 11) is 1.47. The van der Waals surface area contributed by atoms with E-state index in [4.69, 9.17) is 4.74 Å². The molecule has 1 fully saturated rings. The molecule has 0 atom stereocenters. The standard InChI is InChI=1S/C24H28N4O3/c1-16(2)27-8-10-28(11-9-27)19-13-21-22(25-14-19)7-5-17-4-6-18(12-20(17)24(21)30)26-23(29)15-31-3/h4-7,12-14,16H,8-11,15H2,1-3H3,(H,26,29). The fraction of sp³-hybridized carbons (Fsp3) is 0.375. The van der Waals surface area contributed by atoms with Crippen LogP contribution < -0.4 is 15.6 Å². The van der Waals surface area contributed by atoms with Crippen LogP contribution in [0.25, 0.3) is 21.7 Å². The van der Waals surface area contributed by atoms with Crippen LogP contribution in [0.15, 0.2) is 47.4 Å². The number of amides is 1. The quantitative estimate of drug-likeness (QED) is 0.684. The number of nitrogens with zero attached hydrogens (tertiary/aromatic N) is 3. The third-order valence-corrected chi connectivity index (χ3v) is 5.84. The van der Waals surface area contributed by atoms with E-state index in [1.54, 1.807) is 12.1 Å². The fourth-order valence-electron chi connectivity index (χ4n) is 4.07. The molecular weight excluding hydrogens is 392 g/mol. The minimum atomic E-state index is -0.260. The lowest BCUT2D eigenvalue weighted by molar-refractivity contribution is -0.119. The Bertz CT molecular complexity index is 1170. The van der Waals surface area contributed by atoms with Crippen LogP contribution in [0.3, 0.4) is 0 Å². The van der Waals surface area contributed by atoms with Gasteiger partial charge in [0.15, 0.2) is 5.43 Å². The number of hydrogen-bond donors (Lipinski definition) is 1. The SMILES string of the molecule is COCC(=O)Nc1ccc2ccc3ncc(N4CCN(C(C)C)CC4)cc3c(=O)c2c1. The number of ether oxygens (including phenoxy) is 1. The molecule has 3 aromatic rings. The van der Waals surface area contributed by atoms with Crippen molar-refractivity contribution in [2.24, 2.45) is 0 Å². The largest absolute Gasteiger partial charge is 0.375 e. The van der Waals surface area contributed by atoms with Gasteiger partial charge in [-0.3, -0.25) is 19.5 Å². The summed E-state index contributed by atoms with van der Waals surface area (Å²) in [5, 5.41) is 4.70. The zero-order valence-electron chi connectivity index (χ0n) is 18.2. The smallest absolute Gasteiger partial charge is 0.250 e. The number of carbonyl (C=O) groups is 1. The highest BCUT2D eigenvalue weighted by atomic mass is 16.5. The highest BCUT2D eigenvalue weighted by Crippen LogP contribution is 2.23. The monoisotopic (exact) mass is 420 g/mol. The van der Waals surface area contributed by atoms with Crippen LogP contribution in [0.2, 0.25) is 0 Å². The zero-order chi connectivity index (χ0) is 22.0. The van der Waals surface area contributed by atoms with Gasteiger partial charge >= 0.3 is 0 Å². The second-order valence-corrected chi connectivity index (χ2v) is 8.19. The van der Waals surface area contributed by atoms with E-state index in [-0.39, 0.29) is 17.9 Å². The summed E-state index contributed by atoms with van der Waals surface area (Å²) in [6.07, 6.45) is 1.86. The molecule has 4 rings (SSSR count). The molecule has 1 aromatic heterocycles. The number of benzene rings is 1. The van der Waals surface area contributed by atoms with Crippen LogP contribution in [0.1, 0.15) is 13.8 Å². The van der Waals surface area contributed by atoms with Crippen molar-refractivity contribution in [1.29, 1.82) is 0 Å². The molecule has 0 aliphatic carbocycles. The van der Waals surface area contributed by atoms with Gasteiger partial charge in [0.25, 0.3) is 0 Å². The van der Waals surface area contributed by atoms with Crippen LogP contribution >= 0.6 is 0 Å². The van der Waals surface area contributed by atoms with Crippen molar-refractivity contribution in [3.8, 4) is 0 Å². The van der Waals surface area contributed by atoms with Gasteiger partial charge in [0.2, 0.25) is 5.91 Å². The molecule has 1 amide bonds. The average Bonchev–Trinajstić information content (AvgIpc) is 2.90. The fourth-order valence-corrected chi connectivity index (χ4v) is 4.07. The summed E-state index contributed by atoms with van der Waals surface area (Å²) >= 11 is 0. The van der Waals surface area contributed by atoms with Gasteiger partial charge in [0.1, 0.15) is 6.61 Å². The Morgan fingerprint density at radius 3 is 2.55 bits per heavy atom. The van der Waals surface area contributed by atoms with Crippen LogP contribution in [0.5, 0.6) is 0 Å². The predicted octanol–water partition coefficient (Wildman–Crippen LogP) is 2.86. The molecule has 7 nitrogen and oxygen atoms in total. The molecule has 1 aliphatic heterocycles. The van der Waals surface area contributed by atoms with Gasteiger partial charge < -0.3 is 15.0 Å². The maximum Gasteiger partial charge on any atom is 0.250 e. The minimum absolute atomic E-state index is 0.0366. The minimum Gasteiger partial charge on any atom is -0.375 e. The molecule has 0 spiro atoms. The zero-order valence-corrected chi connectivity index (χ0v) is 18.2. The van der Waals surface area contributed by atoms with E-state index >= 15 is 0 Å². The van der Waals surface area contributed by atoms with Gasteiger partial charge in [-0.1, -0.05) is 12.1 Å². The third-order valence-electron chi connectivity index (χ3n) is 5.84.